The summed E-state index contributed by atoms with van der Waals surface area (Å²) in [6, 6.07) is 5.14. The molecule has 2 saturated carbocycles. The van der Waals surface area contributed by atoms with Crippen LogP contribution in [0.4, 0.5) is 5.69 Å². The van der Waals surface area contributed by atoms with Crippen molar-refractivity contribution in [3.63, 3.8) is 0 Å². The number of hydrogen-bond donors (Lipinski definition) is 2. The van der Waals surface area contributed by atoms with Crippen LogP contribution in [0.1, 0.15) is 6.42 Å². The number of rotatable bonds is 5. The van der Waals surface area contributed by atoms with Crippen molar-refractivity contribution in [3.8, 4) is 11.5 Å². The molecule has 1 aromatic carbocycles. The number of amides is 1. The maximum atomic E-state index is 13.0. The lowest BCUT2D eigenvalue weighted by atomic mass is 9.62. The molecule has 6 heteroatoms. The lowest BCUT2D eigenvalue weighted by Crippen LogP contribution is -2.48. The molecule has 132 valence electrons. The van der Waals surface area contributed by atoms with Crippen LogP contribution in [0.2, 0.25) is 0 Å². The van der Waals surface area contributed by atoms with Gasteiger partial charge in [-0.2, -0.15) is 0 Å². The third-order valence-electron chi connectivity index (χ3n) is 5.90. The van der Waals surface area contributed by atoms with Crippen LogP contribution in [-0.2, 0) is 9.59 Å². The highest BCUT2D eigenvalue weighted by Gasteiger charge is 2.63. The third kappa shape index (κ3) is 2.47. The quantitative estimate of drug-likeness (QED) is 0.802. The fourth-order valence-corrected chi connectivity index (χ4v) is 4.70. The highest BCUT2D eigenvalue weighted by atomic mass is 16.5. The summed E-state index contributed by atoms with van der Waals surface area (Å²) in [6.45, 7) is 0. The zero-order valence-electron chi connectivity index (χ0n) is 14.1. The Morgan fingerprint density at radius 2 is 1.76 bits per heavy atom. The summed E-state index contributed by atoms with van der Waals surface area (Å²) in [7, 11) is 3.07. The fourth-order valence-electron chi connectivity index (χ4n) is 4.70. The van der Waals surface area contributed by atoms with E-state index in [2.05, 4.69) is 5.32 Å². The van der Waals surface area contributed by atoms with Crippen LogP contribution in [0.3, 0.4) is 0 Å². The number of carboxylic acid groups (broad SMARTS) is 1. The predicted molar refractivity (Wildman–Crippen MR) is 90.5 cm³/mol. The van der Waals surface area contributed by atoms with E-state index in [9.17, 15) is 14.7 Å². The van der Waals surface area contributed by atoms with Crippen LogP contribution >= 0.6 is 0 Å². The summed E-state index contributed by atoms with van der Waals surface area (Å²) < 4.78 is 10.5. The van der Waals surface area contributed by atoms with Crippen molar-refractivity contribution < 1.29 is 24.2 Å². The van der Waals surface area contributed by atoms with Crippen LogP contribution in [0.5, 0.6) is 11.5 Å². The SMILES string of the molecule is COc1ccc(OC)c(NC(=O)C2C3C=CC(C4CC34)C2C(=O)O)c1. The van der Waals surface area contributed by atoms with Crippen LogP contribution in [0.15, 0.2) is 30.4 Å². The zero-order chi connectivity index (χ0) is 17.7. The van der Waals surface area contributed by atoms with E-state index in [-0.39, 0.29) is 17.7 Å². The minimum absolute atomic E-state index is 0.00713. The third-order valence-corrected chi connectivity index (χ3v) is 5.90. The van der Waals surface area contributed by atoms with Gasteiger partial charge in [0.25, 0.3) is 0 Å². The molecule has 5 rings (SSSR count). The summed E-state index contributed by atoms with van der Waals surface area (Å²) in [6.07, 6.45) is 5.08. The van der Waals surface area contributed by atoms with Crippen molar-refractivity contribution in [2.45, 2.75) is 6.42 Å². The second kappa shape index (κ2) is 5.79. The number of anilines is 1. The summed E-state index contributed by atoms with van der Waals surface area (Å²) in [4.78, 5) is 24.8. The molecule has 1 amide bonds. The van der Waals surface area contributed by atoms with Gasteiger partial charge in [0.2, 0.25) is 5.91 Å². The van der Waals surface area contributed by atoms with Crippen molar-refractivity contribution in [3.05, 3.63) is 30.4 Å². The van der Waals surface area contributed by atoms with Gasteiger partial charge in [-0.15, -0.1) is 0 Å². The molecule has 2 fully saturated rings. The Balaban J connectivity index is 1.63. The molecule has 2 bridgehead atoms. The average molecular weight is 343 g/mol. The molecule has 6 nitrogen and oxygen atoms in total. The lowest BCUT2D eigenvalue weighted by molar-refractivity contribution is -0.152. The molecule has 0 heterocycles. The summed E-state index contributed by atoms with van der Waals surface area (Å²) in [5.74, 6) is -0.378. The number of methoxy groups -OCH3 is 2. The Hall–Kier alpha value is -2.50. The van der Waals surface area contributed by atoms with Gasteiger partial charge in [0.15, 0.2) is 0 Å². The van der Waals surface area contributed by atoms with Gasteiger partial charge in [-0.3, -0.25) is 9.59 Å². The maximum Gasteiger partial charge on any atom is 0.307 e. The Kier molecular flexibility index (Phi) is 3.71. The molecule has 0 radical (unpaired) electrons. The number of aliphatic carboxylic acids is 1. The zero-order valence-corrected chi connectivity index (χ0v) is 14.1. The number of carbonyl (C=O) groups is 2. The first kappa shape index (κ1) is 16.0. The van der Waals surface area contributed by atoms with Crippen LogP contribution < -0.4 is 14.8 Å². The van der Waals surface area contributed by atoms with E-state index in [0.29, 0.717) is 29.0 Å². The van der Waals surface area contributed by atoms with Crippen molar-refractivity contribution in [2.24, 2.45) is 35.5 Å². The minimum atomic E-state index is -0.887. The maximum absolute atomic E-state index is 13.0. The van der Waals surface area contributed by atoms with Gasteiger partial charge in [0.05, 0.1) is 31.7 Å². The summed E-state index contributed by atoms with van der Waals surface area (Å²) in [5, 5.41) is 12.6. The van der Waals surface area contributed by atoms with E-state index in [1.807, 2.05) is 12.2 Å². The molecule has 25 heavy (non-hydrogen) atoms. The highest BCUT2D eigenvalue weighted by Crippen LogP contribution is 2.63. The van der Waals surface area contributed by atoms with Crippen LogP contribution in [0, 0.1) is 35.5 Å². The topological polar surface area (TPSA) is 84.9 Å². The van der Waals surface area contributed by atoms with Crippen molar-refractivity contribution in [2.75, 3.05) is 19.5 Å². The number of ether oxygens (including phenoxy) is 2. The summed E-state index contributed by atoms with van der Waals surface area (Å²) >= 11 is 0. The molecule has 1 aromatic rings. The van der Waals surface area contributed by atoms with Crippen molar-refractivity contribution in [1.29, 1.82) is 0 Å². The molecule has 4 aliphatic rings. The smallest absolute Gasteiger partial charge is 0.307 e. The number of allylic oxidation sites excluding steroid dienone is 2. The molecule has 2 N–H and O–H groups in total. The number of nitrogens with one attached hydrogen (secondary N) is 1. The molecule has 0 saturated heterocycles. The number of fused-ring (bicyclic) bond motifs is 1. The first-order chi connectivity index (χ1) is 12.0. The second-order valence-electron chi connectivity index (χ2n) is 7.05. The van der Waals surface area contributed by atoms with Crippen LogP contribution in [0.25, 0.3) is 0 Å². The molecule has 4 aliphatic carbocycles. The number of carbonyl (C=O) groups excluding carboxylic acids is 1. The Morgan fingerprint density at radius 1 is 1.08 bits per heavy atom. The van der Waals surface area contributed by atoms with E-state index >= 15 is 0 Å². The molecular weight excluding hydrogens is 322 g/mol. The lowest BCUT2D eigenvalue weighted by Gasteiger charge is -2.41. The summed E-state index contributed by atoms with van der Waals surface area (Å²) in [5.41, 5.74) is 0.494. The van der Waals surface area contributed by atoms with Crippen LogP contribution in [-0.4, -0.2) is 31.2 Å². The molecule has 0 aliphatic heterocycles. The Labute approximate surface area is 145 Å². The van der Waals surface area contributed by atoms with Gasteiger partial charge < -0.3 is 19.9 Å². The van der Waals surface area contributed by atoms with Gasteiger partial charge >= 0.3 is 5.97 Å². The van der Waals surface area contributed by atoms with E-state index in [1.54, 1.807) is 25.3 Å². The molecule has 6 unspecified atom stereocenters. The van der Waals surface area contributed by atoms with Gasteiger partial charge in [-0.25, -0.2) is 0 Å². The molecule has 6 atom stereocenters. The van der Waals surface area contributed by atoms with Gasteiger partial charge in [-0.05, 0) is 42.2 Å². The van der Waals surface area contributed by atoms with Gasteiger partial charge in [-0.1, -0.05) is 12.2 Å². The molecule has 0 aromatic heterocycles. The first-order valence-corrected chi connectivity index (χ1v) is 8.49. The average Bonchev–Trinajstić information content (AvgIpc) is 3.43. The Bertz CT molecular complexity index is 758. The second-order valence-corrected chi connectivity index (χ2v) is 7.05. The monoisotopic (exact) mass is 343 g/mol. The minimum Gasteiger partial charge on any atom is -0.497 e. The normalized spacial score (nSPS) is 34.2. The largest absolute Gasteiger partial charge is 0.497 e. The van der Waals surface area contributed by atoms with Gasteiger partial charge in [0, 0.05) is 6.07 Å². The van der Waals surface area contributed by atoms with E-state index < -0.39 is 17.8 Å². The van der Waals surface area contributed by atoms with Crippen molar-refractivity contribution >= 4 is 17.6 Å². The standard InChI is InChI=1S/C19H21NO5/c1-24-9-3-6-15(25-2)14(7-9)20-18(21)16-10-4-5-11(13-8-12(10)13)17(16)19(22)23/h3-7,10-13,16-17H,8H2,1-2H3,(H,20,21)(H,22,23). The van der Waals surface area contributed by atoms with E-state index in [0.717, 1.165) is 6.42 Å². The first-order valence-electron chi connectivity index (χ1n) is 8.49. The number of carboxylic acids is 1. The number of benzene rings is 1. The molecule has 0 spiro atoms. The predicted octanol–water partition coefficient (Wildman–Crippen LogP) is 2.41. The van der Waals surface area contributed by atoms with E-state index in [1.165, 1.54) is 7.11 Å². The number of hydrogen-bond acceptors (Lipinski definition) is 4. The fraction of sp³-hybridized carbons (Fsp3) is 0.474. The highest BCUT2D eigenvalue weighted by molar-refractivity contribution is 5.97. The van der Waals surface area contributed by atoms with Gasteiger partial charge in [0.1, 0.15) is 11.5 Å². The van der Waals surface area contributed by atoms with Crippen molar-refractivity contribution in [1.82, 2.24) is 0 Å². The van der Waals surface area contributed by atoms with E-state index in [4.69, 9.17) is 9.47 Å². The molecular formula is C19H21NO5. The Morgan fingerprint density at radius 3 is 2.36 bits per heavy atom.